The average Bonchev–Trinajstić information content (AvgIpc) is 3.16. The van der Waals surface area contributed by atoms with Gasteiger partial charge in [-0.1, -0.05) is 13.3 Å². The summed E-state index contributed by atoms with van der Waals surface area (Å²) in [6, 6.07) is 2.00. The Hall–Kier alpha value is -2.70. The summed E-state index contributed by atoms with van der Waals surface area (Å²) >= 11 is 0. The lowest BCUT2D eigenvalue weighted by Crippen LogP contribution is -2.06. The van der Waals surface area contributed by atoms with Crippen LogP contribution in [0.2, 0.25) is 0 Å². The maximum Gasteiger partial charge on any atom is 0.159 e. The van der Waals surface area contributed by atoms with Crippen molar-refractivity contribution >= 4 is 33.4 Å². The zero-order valence-electron chi connectivity index (χ0n) is 14.2. The first-order valence-electron chi connectivity index (χ1n) is 8.47. The van der Waals surface area contributed by atoms with Crippen LogP contribution in [0.25, 0.3) is 27.6 Å². The summed E-state index contributed by atoms with van der Waals surface area (Å²) in [5.41, 5.74) is 3.68. The average molecular weight is 323 g/mol. The van der Waals surface area contributed by atoms with E-state index in [1.807, 2.05) is 34.6 Å². The van der Waals surface area contributed by atoms with Gasteiger partial charge >= 0.3 is 0 Å². The highest BCUT2D eigenvalue weighted by atomic mass is 15.3. The number of hydrogen-bond acceptors (Lipinski definition) is 5. The van der Waals surface area contributed by atoms with Crippen molar-refractivity contribution < 1.29 is 0 Å². The smallest absolute Gasteiger partial charge is 0.159 e. The number of nitrogens with zero attached hydrogens (tertiary/aromatic N) is 6. The quantitative estimate of drug-likeness (QED) is 0.571. The lowest BCUT2D eigenvalue weighted by Gasteiger charge is -2.10. The van der Waals surface area contributed by atoms with Gasteiger partial charge in [0.25, 0.3) is 0 Å². The highest BCUT2D eigenvalue weighted by Gasteiger charge is 2.16. The standard InChI is InChI=1S/C17H21N7/c1-4-6-7-18-16-12-9-19-17-13(10-20-23(17)5-2)15(12)24-14(21-16)8-11(3)22-24/h8-10H,4-7H2,1-3H3,(H,18,21). The third-order valence-corrected chi connectivity index (χ3v) is 4.27. The summed E-state index contributed by atoms with van der Waals surface area (Å²) in [6.45, 7) is 7.92. The van der Waals surface area contributed by atoms with E-state index in [2.05, 4.69) is 34.3 Å². The van der Waals surface area contributed by atoms with E-state index in [0.717, 1.165) is 65.0 Å². The molecule has 4 rings (SSSR count). The van der Waals surface area contributed by atoms with Crippen molar-refractivity contribution in [1.82, 2.24) is 29.4 Å². The lowest BCUT2D eigenvalue weighted by atomic mass is 10.2. The van der Waals surface area contributed by atoms with Gasteiger partial charge in [-0.25, -0.2) is 19.2 Å². The molecule has 4 heterocycles. The van der Waals surface area contributed by atoms with Crippen LogP contribution in [0.4, 0.5) is 5.82 Å². The minimum Gasteiger partial charge on any atom is -0.369 e. The number of fused-ring (bicyclic) bond motifs is 5. The van der Waals surface area contributed by atoms with Gasteiger partial charge in [-0.15, -0.1) is 0 Å². The van der Waals surface area contributed by atoms with Crippen LogP contribution in [0.15, 0.2) is 18.5 Å². The van der Waals surface area contributed by atoms with Crippen LogP contribution in [-0.2, 0) is 6.54 Å². The van der Waals surface area contributed by atoms with E-state index in [1.54, 1.807) is 0 Å². The van der Waals surface area contributed by atoms with Gasteiger partial charge in [0.05, 0.1) is 28.2 Å². The van der Waals surface area contributed by atoms with E-state index < -0.39 is 0 Å². The molecule has 7 nitrogen and oxygen atoms in total. The zero-order chi connectivity index (χ0) is 16.7. The minimum atomic E-state index is 0.788. The van der Waals surface area contributed by atoms with Gasteiger partial charge in [-0.2, -0.15) is 10.2 Å². The van der Waals surface area contributed by atoms with Crippen LogP contribution in [0.1, 0.15) is 32.4 Å². The predicted molar refractivity (Wildman–Crippen MR) is 95.4 cm³/mol. The predicted octanol–water partition coefficient (Wildman–Crippen LogP) is 3.17. The molecule has 0 aromatic carbocycles. The Kier molecular flexibility index (Phi) is 3.55. The molecule has 7 heteroatoms. The Labute approximate surface area is 139 Å². The molecule has 0 saturated heterocycles. The highest BCUT2D eigenvalue weighted by molar-refractivity contribution is 6.06. The lowest BCUT2D eigenvalue weighted by molar-refractivity contribution is 0.677. The molecule has 0 saturated carbocycles. The molecule has 0 radical (unpaired) electrons. The fraction of sp³-hybridized carbons (Fsp3) is 0.412. The molecule has 4 aromatic rings. The number of rotatable bonds is 5. The second kappa shape index (κ2) is 5.74. The first-order chi connectivity index (χ1) is 11.7. The fourth-order valence-corrected chi connectivity index (χ4v) is 3.07. The van der Waals surface area contributed by atoms with Gasteiger partial charge in [-0.05, 0) is 20.3 Å². The minimum absolute atomic E-state index is 0.788. The zero-order valence-corrected chi connectivity index (χ0v) is 14.2. The molecule has 1 N–H and O–H groups in total. The van der Waals surface area contributed by atoms with Crippen LogP contribution in [0.3, 0.4) is 0 Å². The van der Waals surface area contributed by atoms with Crippen LogP contribution in [0.5, 0.6) is 0 Å². The summed E-state index contributed by atoms with van der Waals surface area (Å²) < 4.78 is 3.81. The van der Waals surface area contributed by atoms with Crippen LogP contribution >= 0.6 is 0 Å². The van der Waals surface area contributed by atoms with E-state index in [0.29, 0.717) is 0 Å². The molecule has 4 aromatic heterocycles. The number of aryl methyl sites for hydroxylation is 2. The van der Waals surface area contributed by atoms with E-state index in [-0.39, 0.29) is 0 Å². The Morgan fingerprint density at radius 3 is 2.83 bits per heavy atom. The third kappa shape index (κ3) is 2.19. The molecule has 124 valence electrons. The summed E-state index contributed by atoms with van der Waals surface area (Å²) in [7, 11) is 0. The molecular formula is C17H21N7. The second-order valence-corrected chi connectivity index (χ2v) is 6.01. The van der Waals surface area contributed by atoms with Gasteiger partial charge in [0.2, 0.25) is 0 Å². The maximum atomic E-state index is 4.75. The van der Waals surface area contributed by atoms with Crippen molar-refractivity contribution in [1.29, 1.82) is 0 Å². The van der Waals surface area contributed by atoms with Gasteiger partial charge < -0.3 is 5.32 Å². The van der Waals surface area contributed by atoms with Gasteiger partial charge in [0.15, 0.2) is 11.3 Å². The molecular weight excluding hydrogens is 302 g/mol. The van der Waals surface area contributed by atoms with E-state index >= 15 is 0 Å². The monoisotopic (exact) mass is 323 g/mol. The molecule has 0 bridgehead atoms. The molecule has 0 spiro atoms. The van der Waals surface area contributed by atoms with Gasteiger partial charge in [0.1, 0.15) is 5.82 Å². The fourth-order valence-electron chi connectivity index (χ4n) is 3.07. The van der Waals surface area contributed by atoms with Crippen molar-refractivity contribution in [2.75, 3.05) is 11.9 Å². The molecule has 0 aliphatic rings. The first kappa shape index (κ1) is 14.9. The number of nitrogens with one attached hydrogen (secondary N) is 1. The number of aromatic nitrogens is 6. The molecule has 0 unspecified atom stereocenters. The molecule has 0 atom stereocenters. The number of anilines is 1. The Morgan fingerprint density at radius 1 is 1.17 bits per heavy atom. The van der Waals surface area contributed by atoms with Crippen molar-refractivity contribution in [3.05, 3.63) is 24.2 Å². The third-order valence-electron chi connectivity index (χ3n) is 4.27. The molecule has 0 aliphatic carbocycles. The van der Waals surface area contributed by atoms with Crippen LogP contribution in [-0.4, -0.2) is 35.9 Å². The molecule has 0 fully saturated rings. The Balaban J connectivity index is 2.05. The topological polar surface area (TPSA) is 72.9 Å². The highest BCUT2D eigenvalue weighted by Crippen LogP contribution is 2.28. The SMILES string of the molecule is CCCCNc1nc2cc(C)nn2c2c1cnc1c2cnn1CC. The number of unbranched alkanes of at least 4 members (excludes halogenated alkanes) is 1. The summed E-state index contributed by atoms with van der Waals surface area (Å²) in [6.07, 6.45) is 6.00. The van der Waals surface area contributed by atoms with E-state index in [4.69, 9.17) is 4.98 Å². The number of hydrogen-bond donors (Lipinski definition) is 1. The van der Waals surface area contributed by atoms with Crippen molar-refractivity contribution in [3.8, 4) is 0 Å². The van der Waals surface area contributed by atoms with Gasteiger partial charge in [0, 0.05) is 25.4 Å². The summed E-state index contributed by atoms with van der Waals surface area (Å²) in [4.78, 5) is 9.37. The van der Waals surface area contributed by atoms with Crippen molar-refractivity contribution in [2.24, 2.45) is 0 Å². The van der Waals surface area contributed by atoms with Crippen LogP contribution in [0, 0.1) is 6.92 Å². The molecule has 24 heavy (non-hydrogen) atoms. The second-order valence-electron chi connectivity index (χ2n) is 6.01. The largest absolute Gasteiger partial charge is 0.369 e. The number of pyridine rings is 1. The normalized spacial score (nSPS) is 11.8. The molecule has 0 amide bonds. The van der Waals surface area contributed by atoms with Crippen LogP contribution < -0.4 is 5.32 Å². The molecule has 0 aliphatic heterocycles. The maximum absolute atomic E-state index is 4.75. The first-order valence-corrected chi connectivity index (χ1v) is 8.47. The van der Waals surface area contributed by atoms with E-state index in [9.17, 15) is 0 Å². The summed E-state index contributed by atoms with van der Waals surface area (Å²) in [5.74, 6) is 0.865. The Bertz CT molecular complexity index is 1030. The van der Waals surface area contributed by atoms with Crippen molar-refractivity contribution in [3.63, 3.8) is 0 Å². The van der Waals surface area contributed by atoms with Gasteiger partial charge in [-0.3, -0.25) is 0 Å². The van der Waals surface area contributed by atoms with E-state index in [1.165, 1.54) is 0 Å². The summed E-state index contributed by atoms with van der Waals surface area (Å²) in [5, 5.41) is 14.5. The Morgan fingerprint density at radius 2 is 2.04 bits per heavy atom. The van der Waals surface area contributed by atoms with Crippen molar-refractivity contribution in [2.45, 2.75) is 40.2 Å².